The van der Waals surface area contributed by atoms with Crippen LogP contribution in [-0.2, 0) is 11.3 Å². The molecule has 7 nitrogen and oxygen atoms in total. The molecule has 134 valence electrons. The summed E-state index contributed by atoms with van der Waals surface area (Å²) in [6.07, 6.45) is 3.43. The summed E-state index contributed by atoms with van der Waals surface area (Å²) in [6.45, 7) is 2.06. The van der Waals surface area contributed by atoms with Gasteiger partial charge in [-0.1, -0.05) is 23.7 Å². The number of hydrogen-bond donors (Lipinski definition) is 1. The first-order valence-corrected chi connectivity index (χ1v) is 9.01. The zero-order chi connectivity index (χ0) is 17.9. The molecule has 0 saturated carbocycles. The van der Waals surface area contributed by atoms with Gasteiger partial charge in [0.15, 0.2) is 5.65 Å². The van der Waals surface area contributed by atoms with E-state index in [1.54, 1.807) is 10.8 Å². The molecule has 1 fully saturated rings. The fourth-order valence-electron chi connectivity index (χ4n) is 3.22. The number of anilines is 1. The molecule has 2 aromatic heterocycles. The summed E-state index contributed by atoms with van der Waals surface area (Å²) in [4.78, 5) is 14.7. The fourth-order valence-corrected chi connectivity index (χ4v) is 3.35. The van der Waals surface area contributed by atoms with Gasteiger partial charge in [-0.25, -0.2) is 0 Å². The molecule has 8 heteroatoms. The maximum absolute atomic E-state index is 12.6. The molecule has 1 aliphatic rings. The number of amides is 1. The van der Waals surface area contributed by atoms with E-state index in [4.69, 9.17) is 11.6 Å². The van der Waals surface area contributed by atoms with E-state index in [-0.39, 0.29) is 11.8 Å². The van der Waals surface area contributed by atoms with Crippen LogP contribution in [0.5, 0.6) is 0 Å². The van der Waals surface area contributed by atoms with Crippen LogP contribution < -0.4 is 10.2 Å². The van der Waals surface area contributed by atoms with Crippen molar-refractivity contribution in [2.24, 2.45) is 5.92 Å². The van der Waals surface area contributed by atoms with E-state index >= 15 is 0 Å². The second kappa shape index (κ2) is 7.29. The van der Waals surface area contributed by atoms with E-state index in [1.807, 2.05) is 36.4 Å². The quantitative estimate of drug-likeness (QED) is 0.762. The fraction of sp³-hybridized carbons (Fsp3) is 0.333. The Kier molecular flexibility index (Phi) is 4.71. The van der Waals surface area contributed by atoms with Gasteiger partial charge in [0.1, 0.15) is 12.1 Å². The van der Waals surface area contributed by atoms with Gasteiger partial charge in [-0.3, -0.25) is 4.79 Å². The van der Waals surface area contributed by atoms with Gasteiger partial charge in [-0.05, 0) is 42.7 Å². The predicted octanol–water partition coefficient (Wildman–Crippen LogP) is 2.31. The molecular formula is C18H19ClN6O. The van der Waals surface area contributed by atoms with Gasteiger partial charge >= 0.3 is 0 Å². The van der Waals surface area contributed by atoms with E-state index < -0.39 is 0 Å². The maximum atomic E-state index is 12.6. The second-order valence-corrected chi connectivity index (χ2v) is 6.89. The summed E-state index contributed by atoms with van der Waals surface area (Å²) in [6, 6.07) is 11.3. The highest BCUT2D eigenvalue weighted by Gasteiger charge is 2.26. The molecule has 0 radical (unpaired) electrons. The lowest BCUT2D eigenvalue weighted by atomic mass is 9.97. The molecule has 3 heterocycles. The van der Waals surface area contributed by atoms with Crippen molar-refractivity contribution in [2.45, 2.75) is 19.4 Å². The van der Waals surface area contributed by atoms with Crippen molar-refractivity contribution in [3.63, 3.8) is 0 Å². The highest BCUT2D eigenvalue weighted by Crippen LogP contribution is 2.22. The minimum absolute atomic E-state index is 0.0468. The number of rotatable bonds is 4. The van der Waals surface area contributed by atoms with Crippen LogP contribution in [0.15, 0.2) is 42.7 Å². The van der Waals surface area contributed by atoms with Crippen LogP contribution in [0, 0.1) is 5.92 Å². The van der Waals surface area contributed by atoms with E-state index in [1.165, 1.54) is 0 Å². The minimum Gasteiger partial charge on any atom is -0.354 e. The average Bonchev–Trinajstić information content (AvgIpc) is 3.15. The minimum atomic E-state index is -0.0468. The molecule has 1 aliphatic heterocycles. The Morgan fingerprint density at radius 2 is 2.08 bits per heavy atom. The number of aromatic nitrogens is 4. The van der Waals surface area contributed by atoms with Gasteiger partial charge < -0.3 is 10.2 Å². The van der Waals surface area contributed by atoms with Crippen molar-refractivity contribution < 1.29 is 4.79 Å². The number of nitrogens with one attached hydrogen (secondary N) is 1. The number of carbonyl (C=O) groups excluding carboxylic acids is 1. The van der Waals surface area contributed by atoms with Gasteiger partial charge in [0.2, 0.25) is 5.91 Å². The topological polar surface area (TPSA) is 75.4 Å². The third kappa shape index (κ3) is 3.62. The van der Waals surface area contributed by atoms with Crippen molar-refractivity contribution >= 4 is 29.0 Å². The van der Waals surface area contributed by atoms with Crippen molar-refractivity contribution in [1.82, 2.24) is 25.1 Å². The normalized spacial score (nSPS) is 17.4. The van der Waals surface area contributed by atoms with E-state index in [2.05, 4.69) is 25.5 Å². The second-order valence-electron chi connectivity index (χ2n) is 6.45. The SMILES string of the molecule is O=C(NCc1ccc(Cl)cc1)[C@@H]1CCCN(c2ccc3nncn3n2)C1. The average molecular weight is 371 g/mol. The van der Waals surface area contributed by atoms with Gasteiger partial charge in [-0.2, -0.15) is 4.52 Å². The van der Waals surface area contributed by atoms with Gasteiger partial charge in [-0.15, -0.1) is 15.3 Å². The van der Waals surface area contributed by atoms with E-state index in [9.17, 15) is 4.79 Å². The summed E-state index contributed by atoms with van der Waals surface area (Å²) in [7, 11) is 0. The van der Waals surface area contributed by atoms with Gasteiger partial charge in [0, 0.05) is 24.7 Å². The summed E-state index contributed by atoms with van der Waals surface area (Å²) in [5.41, 5.74) is 1.75. The molecule has 1 atom stereocenters. The molecule has 0 bridgehead atoms. The van der Waals surface area contributed by atoms with Gasteiger partial charge in [0.05, 0.1) is 5.92 Å². The van der Waals surface area contributed by atoms with E-state index in [0.717, 1.165) is 30.8 Å². The zero-order valence-electron chi connectivity index (χ0n) is 14.2. The van der Waals surface area contributed by atoms with Crippen molar-refractivity contribution in [3.8, 4) is 0 Å². The predicted molar refractivity (Wildman–Crippen MR) is 99.0 cm³/mol. The summed E-state index contributed by atoms with van der Waals surface area (Å²) >= 11 is 5.89. The molecule has 26 heavy (non-hydrogen) atoms. The number of benzene rings is 1. The highest BCUT2D eigenvalue weighted by molar-refractivity contribution is 6.30. The standard InChI is InChI=1S/C18H19ClN6O/c19-15-5-3-13(4-6-15)10-20-18(26)14-2-1-9-24(11-14)17-8-7-16-22-21-12-25(16)23-17/h3-8,12,14H,1-2,9-11H2,(H,20,26)/t14-/m1/s1. The number of fused-ring (bicyclic) bond motifs is 1. The molecule has 3 aromatic rings. The Morgan fingerprint density at radius 1 is 1.23 bits per heavy atom. The maximum Gasteiger partial charge on any atom is 0.225 e. The molecular weight excluding hydrogens is 352 g/mol. The number of hydrogen-bond acceptors (Lipinski definition) is 5. The van der Waals surface area contributed by atoms with Crippen molar-refractivity contribution in [2.75, 3.05) is 18.0 Å². The number of nitrogens with zero attached hydrogens (tertiary/aromatic N) is 5. The molecule has 1 N–H and O–H groups in total. The first-order chi connectivity index (χ1) is 12.7. The first kappa shape index (κ1) is 16.8. The molecule has 4 rings (SSSR count). The number of halogens is 1. The molecule has 1 aromatic carbocycles. The molecule has 1 amide bonds. The Labute approximate surface area is 156 Å². The highest BCUT2D eigenvalue weighted by atomic mass is 35.5. The van der Waals surface area contributed by atoms with Crippen LogP contribution in [0.3, 0.4) is 0 Å². The molecule has 0 spiro atoms. The van der Waals surface area contributed by atoms with Crippen LogP contribution in [0.2, 0.25) is 5.02 Å². The Morgan fingerprint density at radius 3 is 2.92 bits per heavy atom. The van der Waals surface area contributed by atoms with Crippen LogP contribution >= 0.6 is 11.6 Å². The molecule has 1 saturated heterocycles. The van der Waals surface area contributed by atoms with Crippen LogP contribution in [-0.4, -0.2) is 38.8 Å². The molecule has 0 aliphatic carbocycles. The third-order valence-electron chi connectivity index (χ3n) is 4.64. The lowest BCUT2D eigenvalue weighted by Gasteiger charge is -2.32. The largest absolute Gasteiger partial charge is 0.354 e. The third-order valence-corrected chi connectivity index (χ3v) is 4.90. The smallest absolute Gasteiger partial charge is 0.225 e. The summed E-state index contributed by atoms with van der Waals surface area (Å²) in [5.74, 6) is 0.872. The Balaban J connectivity index is 1.39. The monoisotopic (exact) mass is 370 g/mol. The first-order valence-electron chi connectivity index (χ1n) is 8.63. The number of piperidine rings is 1. The van der Waals surface area contributed by atoms with Crippen LogP contribution in [0.25, 0.3) is 5.65 Å². The molecule has 0 unspecified atom stereocenters. The van der Waals surface area contributed by atoms with Crippen LogP contribution in [0.1, 0.15) is 18.4 Å². The number of carbonyl (C=O) groups is 1. The van der Waals surface area contributed by atoms with Crippen molar-refractivity contribution in [3.05, 3.63) is 53.3 Å². The lowest BCUT2D eigenvalue weighted by Crippen LogP contribution is -2.43. The van der Waals surface area contributed by atoms with Gasteiger partial charge in [0.25, 0.3) is 0 Å². The summed E-state index contributed by atoms with van der Waals surface area (Å²) in [5, 5.41) is 16.1. The Bertz CT molecular complexity index is 909. The van der Waals surface area contributed by atoms with E-state index in [0.29, 0.717) is 23.8 Å². The Hall–Kier alpha value is -2.67. The zero-order valence-corrected chi connectivity index (χ0v) is 14.9. The van der Waals surface area contributed by atoms with Crippen molar-refractivity contribution in [1.29, 1.82) is 0 Å². The summed E-state index contributed by atoms with van der Waals surface area (Å²) < 4.78 is 1.65. The lowest BCUT2D eigenvalue weighted by molar-refractivity contribution is -0.125. The van der Waals surface area contributed by atoms with Crippen LogP contribution in [0.4, 0.5) is 5.82 Å².